The molecular weight excluding hydrogens is 168 g/mol. The highest BCUT2D eigenvalue weighted by Gasteiger charge is 2.05. The highest BCUT2D eigenvalue weighted by atomic mass is 16.5. The molecular formula is C10H10O3. The molecule has 0 aliphatic carbocycles. The molecule has 1 aromatic rings. The highest BCUT2D eigenvalue weighted by Crippen LogP contribution is 2.07. The van der Waals surface area contributed by atoms with E-state index in [1.165, 1.54) is 7.11 Å². The van der Waals surface area contributed by atoms with Gasteiger partial charge in [0.1, 0.15) is 6.29 Å². The number of esters is 1. The van der Waals surface area contributed by atoms with Crippen molar-refractivity contribution in [3.05, 3.63) is 35.4 Å². The third-order valence-electron chi connectivity index (χ3n) is 1.74. The van der Waals surface area contributed by atoms with E-state index >= 15 is 0 Å². The fourth-order valence-electron chi connectivity index (χ4n) is 1.04. The van der Waals surface area contributed by atoms with Gasteiger partial charge in [-0.3, -0.25) is 9.59 Å². The number of hydrogen-bond acceptors (Lipinski definition) is 3. The third kappa shape index (κ3) is 2.40. The van der Waals surface area contributed by atoms with Crippen LogP contribution in [0.25, 0.3) is 0 Å². The molecule has 0 saturated heterocycles. The zero-order valence-electron chi connectivity index (χ0n) is 7.32. The van der Waals surface area contributed by atoms with Crippen LogP contribution in [0, 0.1) is 0 Å². The summed E-state index contributed by atoms with van der Waals surface area (Å²) in [7, 11) is 1.33. The van der Waals surface area contributed by atoms with E-state index in [0.717, 1.165) is 6.29 Å². The number of carbonyl (C=O) groups is 2. The van der Waals surface area contributed by atoms with Crippen molar-refractivity contribution in [2.24, 2.45) is 0 Å². The van der Waals surface area contributed by atoms with Gasteiger partial charge in [-0.15, -0.1) is 0 Å². The van der Waals surface area contributed by atoms with E-state index in [1.807, 2.05) is 0 Å². The quantitative estimate of drug-likeness (QED) is 0.516. The Morgan fingerprint density at radius 2 is 2.15 bits per heavy atom. The average molecular weight is 178 g/mol. The van der Waals surface area contributed by atoms with E-state index in [-0.39, 0.29) is 12.4 Å². The first-order valence-electron chi connectivity index (χ1n) is 3.88. The third-order valence-corrected chi connectivity index (χ3v) is 1.74. The minimum atomic E-state index is -0.339. The van der Waals surface area contributed by atoms with Gasteiger partial charge in [0.2, 0.25) is 0 Å². The summed E-state index contributed by atoms with van der Waals surface area (Å²) in [5.74, 6) is -0.339. The number of benzene rings is 1. The molecule has 0 amide bonds. The van der Waals surface area contributed by atoms with Crippen molar-refractivity contribution in [2.45, 2.75) is 6.42 Å². The Hall–Kier alpha value is -1.64. The molecule has 0 spiro atoms. The molecule has 0 N–H and O–H groups in total. The predicted molar refractivity (Wildman–Crippen MR) is 47.5 cm³/mol. The van der Waals surface area contributed by atoms with E-state index in [0.29, 0.717) is 11.1 Å². The minimum absolute atomic E-state index is 0.144. The first kappa shape index (κ1) is 9.45. The Morgan fingerprint density at radius 3 is 2.77 bits per heavy atom. The van der Waals surface area contributed by atoms with E-state index in [2.05, 4.69) is 4.74 Å². The molecule has 0 radical (unpaired) electrons. The summed E-state index contributed by atoms with van der Waals surface area (Å²) in [6.07, 6.45) is 0.879. The molecule has 0 aliphatic rings. The zero-order chi connectivity index (χ0) is 9.68. The molecule has 1 aromatic carbocycles. The van der Waals surface area contributed by atoms with Crippen LogP contribution < -0.4 is 0 Å². The van der Waals surface area contributed by atoms with Crippen LogP contribution >= 0.6 is 0 Å². The van der Waals surface area contributed by atoms with Crippen LogP contribution in [-0.2, 0) is 16.0 Å². The number of carbonyl (C=O) groups excluding carboxylic acids is 2. The normalized spacial score (nSPS) is 9.31. The molecule has 0 aromatic heterocycles. The monoisotopic (exact) mass is 178 g/mol. The Balaban J connectivity index is 2.87. The summed E-state index contributed by atoms with van der Waals surface area (Å²) in [6.45, 7) is 0. The summed E-state index contributed by atoms with van der Waals surface area (Å²) in [6, 6.07) is 6.95. The van der Waals surface area contributed by atoms with Crippen molar-refractivity contribution in [3.63, 3.8) is 0 Å². The topological polar surface area (TPSA) is 43.4 Å². The van der Waals surface area contributed by atoms with Gasteiger partial charge < -0.3 is 4.74 Å². The lowest BCUT2D eigenvalue weighted by atomic mass is 10.1. The van der Waals surface area contributed by atoms with Gasteiger partial charge in [-0.05, 0) is 5.56 Å². The van der Waals surface area contributed by atoms with Crippen molar-refractivity contribution in [1.29, 1.82) is 0 Å². The van der Waals surface area contributed by atoms with Crippen LogP contribution in [0.4, 0.5) is 0 Å². The van der Waals surface area contributed by atoms with Crippen LogP contribution in [0.1, 0.15) is 15.9 Å². The lowest BCUT2D eigenvalue weighted by Gasteiger charge is -2.01. The Labute approximate surface area is 76.3 Å². The molecule has 0 saturated carbocycles. The average Bonchev–Trinajstić information content (AvgIpc) is 2.18. The summed E-state index contributed by atoms with van der Waals surface area (Å²) in [4.78, 5) is 21.5. The molecule has 0 atom stereocenters. The fraction of sp³-hybridized carbons (Fsp3) is 0.200. The number of rotatable bonds is 3. The van der Waals surface area contributed by atoms with Gasteiger partial charge in [0.15, 0.2) is 0 Å². The van der Waals surface area contributed by atoms with E-state index in [9.17, 15) is 9.59 Å². The maximum Gasteiger partial charge on any atom is 0.310 e. The Morgan fingerprint density at radius 1 is 1.46 bits per heavy atom. The summed E-state index contributed by atoms with van der Waals surface area (Å²) in [5, 5.41) is 0. The maximum absolute atomic E-state index is 10.9. The first-order valence-corrected chi connectivity index (χ1v) is 3.88. The van der Waals surface area contributed by atoms with Crippen molar-refractivity contribution in [2.75, 3.05) is 7.11 Å². The van der Waals surface area contributed by atoms with Gasteiger partial charge >= 0.3 is 5.97 Å². The van der Waals surface area contributed by atoms with E-state index < -0.39 is 0 Å². The number of ether oxygens (including phenoxy) is 1. The van der Waals surface area contributed by atoms with E-state index in [1.54, 1.807) is 24.3 Å². The number of aldehydes is 1. The van der Waals surface area contributed by atoms with Crippen LogP contribution in [0.5, 0.6) is 0 Å². The van der Waals surface area contributed by atoms with Crippen molar-refractivity contribution in [1.82, 2.24) is 0 Å². The largest absolute Gasteiger partial charge is 0.469 e. The van der Waals surface area contributed by atoms with Crippen molar-refractivity contribution in [3.8, 4) is 0 Å². The maximum atomic E-state index is 10.9. The van der Waals surface area contributed by atoms with Gasteiger partial charge in [0, 0.05) is 5.56 Å². The van der Waals surface area contributed by atoms with E-state index in [4.69, 9.17) is 0 Å². The Kier molecular flexibility index (Phi) is 3.20. The van der Waals surface area contributed by atoms with Gasteiger partial charge in [-0.1, -0.05) is 24.3 Å². The van der Waals surface area contributed by atoms with Gasteiger partial charge in [-0.2, -0.15) is 0 Å². The molecule has 3 heteroatoms. The molecule has 0 unspecified atom stereocenters. The lowest BCUT2D eigenvalue weighted by Crippen LogP contribution is -2.06. The fourth-order valence-corrected chi connectivity index (χ4v) is 1.04. The van der Waals surface area contributed by atoms with Crippen molar-refractivity contribution >= 4 is 12.3 Å². The SMILES string of the molecule is COC(=O)Cc1ccccc1C=O. The zero-order valence-corrected chi connectivity index (χ0v) is 7.32. The second-order valence-corrected chi connectivity index (χ2v) is 2.57. The smallest absolute Gasteiger partial charge is 0.310 e. The second kappa shape index (κ2) is 4.40. The van der Waals surface area contributed by atoms with Gasteiger partial charge in [0.25, 0.3) is 0 Å². The lowest BCUT2D eigenvalue weighted by molar-refractivity contribution is -0.139. The summed E-state index contributed by atoms with van der Waals surface area (Å²) >= 11 is 0. The molecule has 0 aliphatic heterocycles. The van der Waals surface area contributed by atoms with Crippen LogP contribution in [-0.4, -0.2) is 19.4 Å². The van der Waals surface area contributed by atoms with Crippen LogP contribution in [0.2, 0.25) is 0 Å². The number of methoxy groups -OCH3 is 1. The van der Waals surface area contributed by atoms with Crippen molar-refractivity contribution < 1.29 is 14.3 Å². The highest BCUT2D eigenvalue weighted by molar-refractivity contribution is 5.81. The predicted octanol–water partition coefficient (Wildman–Crippen LogP) is 1.21. The number of hydrogen-bond donors (Lipinski definition) is 0. The molecule has 0 heterocycles. The van der Waals surface area contributed by atoms with Crippen LogP contribution in [0.15, 0.2) is 24.3 Å². The van der Waals surface area contributed by atoms with Gasteiger partial charge in [-0.25, -0.2) is 0 Å². The minimum Gasteiger partial charge on any atom is -0.469 e. The Bertz CT molecular complexity index is 318. The van der Waals surface area contributed by atoms with Gasteiger partial charge in [0.05, 0.1) is 13.5 Å². The molecule has 1 rings (SSSR count). The molecule has 68 valence electrons. The molecule has 13 heavy (non-hydrogen) atoms. The standard InChI is InChI=1S/C10H10O3/c1-13-10(12)6-8-4-2-3-5-9(8)7-11/h2-5,7H,6H2,1H3. The van der Waals surface area contributed by atoms with Crippen LogP contribution in [0.3, 0.4) is 0 Å². The molecule has 3 nitrogen and oxygen atoms in total. The second-order valence-electron chi connectivity index (χ2n) is 2.57. The summed E-state index contributed by atoms with van der Waals surface area (Å²) in [5.41, 5.74) is 1.23. The molecule has 0 bridgehead atoms. The first-order chi connectivity index (χ1) is 6.27. The summed E-state index contributed by atoms with van der Waals surface area (Å²) < 4.78 is 4.50. The molecule has 0 fully saturated rings.